The Morgan fingerprint density at radius 1 is 1.10 bits per heavy atom. The minimum absolute atomic E-state index is 0.158. The zero-order chi connectivity index (χ0) is 29.9. The predicted octanol–water partition coefficient (Wildman–Crippen LogP) is 5.50. The van der Waals surface area contributed by atoms with E-state index in [9.17, 15) is 22.8 Å². The Morgan fingerprint density at radius 2 is 1.86 bits per heavy atom. The molecule has 1 aliphatic rings. The summed E-state index contributed by atoms with van der Waals surface area (Å²) in [5, 5.41) is 7.43. The van der Waals surface area contributed by atoms with E-state index in [0.717, 1.165) is 11.1 Å². The first-order valence-electron chi connectivity index (χ1n) is 12.4. The van der Waals surface area contributed by atoms with Crippen molar-refractivity contribution in [3.63, 3.8) is 0 Å². The molecule has 1 N–H and O–H groups in total. The number of carbonyl (C=O) groups is 2. The van der Waals surface area contributed by atoms with Gasteiger partial charge in [-0.1, -0.05) is 30.0 Å². The van der Waals surface area contributed by atoms with Crippen LogP contribution in [0.5, 0.6) is 11.5 Å². The minimum Gasteiger partial charge on any atom is -0.497 e. The van der Waals surface area contributed by atoms with Crippen molar-refractivity contribution in [2.75, 3.05) is 17.8 Å². The molecule has 0 bridgehead atoms. The fraction of sp³-hybridized carbons (Fsp3) is 0.179. The molecule has 0 aliphatic carbocycles. The molecule has 0 spiro atoms. The third-order valence-electron chi connectivity index (χ3n) is 6.06. The smallest absolute Gasteiger partial charge is 0.497 e. The Morgan fingerprint density at radius 3 is 2.57 bits per heavy atom. The van der Waals surface area contributed by atoms with Gasteiger partial charge in [-0.25, -0.2) is 14.5 Å². The molecule has 3 amide bonds. The van der Waals surface area contributed by atoms with Crippen LogP contribution in [0.15, 0.2) is 78.0 Å². The van der Waals surface area contributed by atoms with E-state index in [4.69, 9.17) is 4.74 Å². The van der Waals surface area contributed by atoms with Gasteiger partial charge in [-0.2, -0.15) is 4.99 Å². The van der Waals surface area contributed by atoms with E-state index in [1.807, 2.05) is 13.0 Å². The number of anilines is 1. The first-order chi connectivity index (χ1) is 20.1. The number of halogens is 3. The van der Waals surface area contributed by atoms with Gasteiger partial charge >= 0.3 is 12.4 Å². The standard InChI is InChI=1S/C28H23F3N6O4S/c1-17-12-22(40-2)10-11-23(17)37-24(38)15-42-27(37)34-26(39)32-14-18-4-3-5-19(13-18)25-33-16-36(35-25)20-6-8-21(9-7-20)41-28(29,30)31/h3-13,16H,14-15H2,1-2H3,(H,32,39)/b34-27-. The van der Waals surface area contributed by atoms with Gasteiger partial charge in [0.2, 0.25) is 5.91 Å². The summed E-state index contributed by atoms with van der Waals surface area (Å²) in [6, 6.07) is 17.1. The van der Waals surface area contributed by atoms with E-state index in [-0.39, 0.29) is 29.1 Å². The van der Waals surface area contributed by atoms with Gasteiger partial charge in [-0.05, 0) is 66.6 Å². The summed E-state index contributed by atoms with van der Waals surface area (Å²) in [6.07, 6.45) is -3.33. The number of methoxy groups -OCH3 is 1. The molecule has 0 atom stereocenters. The number of nitrogens with zero attached hydrogens (tertiary/aromatic N) is 5. The maximum Gasteiger partial charge on any atom is 0.573 e. The number of amides is 3. The van der Waals surface area contributed by atoms with Gasteiger partial charge in [0.05, 0.1) is 24.2 Å². The fourth-order valence-electron chi connectivity index (χ4n) is 4.13. The second-order valence-electron chi connectivity index (χ2n) is 8.98. The number of rotatable bonds is 7. The highest BCUT2D eigenvalue weighted by atomic mass is 32.2. The SMILES string of the molecule is COc1ccc(N2C(=O)CS/C2=N\C(=O)NCc2cccc(-c3ncn(-c4ccc(OC(F)(F)F)cc4)n3)c2)c(C)c1. The van der Waals surface area contributed by atoms with Crippen LogP contribution in [0.2, 0.25) is 0 Å². The third kappa shape index (κ3) is 6.71. The Bertz CT molecular complexity index is 1660. The minimum atomic E-state index is -4.77. The maximum absolute atomic E-state index is 12.7. The second-order valence-corrected chi connectivity index (χ2v) is 9.92. The monoisotopic (exact) mass is 596 g/mol. The van der Waals surface area contributed by atoms with Gasteiger partial charge in [0.1, 0.15) is 17.8 Å². The highest BCUT2D eigenvalue weighted by Crippen LogP contribution is 2.31. The normalized spacial score (nSPS) is 14.4. The van der Waals surface area contributed by atoms with Crippen molar-refractivity contribution >= 4 is 34.6 Å². The van der Waals surface area contributed by atoms with Gasteiger partial charge in [0, 0.05) is 12.1 Å². The molecular formula is C28H23F3N6O4S. The topological polar surface area (TPSA) is 111 Å². The number of thioether (sulfide) groups is 1. The summed E-state index contributed by atoms with van der Waals surface area (Å²) >= 11 is 1.18. The number of amidine groups is 1. The van der Waals surface area contributed by atoms with E-state index in [1.165, 1.54) is 51.9 Å². The van der Waals surface area contributed by atoms with E-state index in [1.54, 1.807) is 43.5 Å². The average Bonchev–Trinajstić information content (AvgIpc) is 3.59. The van der Waals surface area contributed by atoms with Crippen LogP contribution in [0.1, 0.15) is 11.1 Å². The highest BCUT2D eigenvalue weighted by Gasteiger charge is 2.32. The van der Waals surface area contributed by atoms with Crippen LogP contribution in [0, 0.1) is 6.92 Å². The van der Waals surface area contributed by atoms with Crippen LogP contribution in [-0.2, 0) is 11.3 Å². The van der Waals surface area contributed by atoms with E-state index >= 15 is 0 Å². The summed E-state index contributed by atoms with van der Waals surface area (Å²) < 4.78 is 47.8. The summed E-state index contributed by atoms with van der Waals surface area (Å²) in [4.78, 5) is 35.1. The van der Waals surface area contributed by atoms with Crippen molar-refractivity contribution in [1.82, 2.24) is 20.1 Å². The van der Waals surface area contributed by atoms with Crippen molar-refractivity contribution in [1.29, 1.82) is 0 Å². The number of urea groups is 1. The van der Waals surface area contributed by atoms with Gasteiger partial charge in [0.25, 0.3) is 0 Å². The molecule has 1 aliphatic heterocycles. The quantitative estimate of drug-likeness (QED) is 0.300. The molecule has 1 aromatic heterocycles. The number of hydrogen-bond donors (Lipinski definition) is 1. The molecule has 5 rings (SSSR count). The van der Waals surface area contributed by atoms with Gasteiger partial charge < -0.3 is 14.8 Å². The summed E-state index contributed by atoms with van der Waals surface area (Å²) in [5.74, 6) is 0.693. The molecule has 4 aromatic rings. The van der Waals surface area contributed by atoms with Crippen molar-refractivity contribution in [2.24, 2.45) is 4.99 Å². The van der Waals surface area contributed by atoms with Gasteiger partial charge in [-0.3, -0.25) is 9.69 Å². The van der Waals surface area contributed by atoms with Crippen molar-refractivity contribution in [3.05, 3.63) is 84.2 Å². The Hall–Kier alpha value is -4.85. The maximum atomic E-state index is 12.7. The Balaban J connectivity index is 1.24. The second kappa shape index (κ2) is 11.9. The Labute approximate surface area is 242 Å². The zero-order valence-corrected chi connectivity index (χ0v) is 23.1. The van der Waals surface area contributed by atoms with Crippen LogP contribution in [-0.4, -0.2) is 51.1 Å². The molecule has 14 heteroatoms. The third-order valence-corrected chi connectivity index (χ3v) is 6.99. The number of aromatic nitrogens is 3. The van der Waals surface area contributed by atoms with Crippen LogP contribution in [0.4, 0.5) is 23.7 Å². The number of carbonyl (C=O) groups excluding carboxylic acids is 2. The number of nitrogens with one attached hydrogen (secondary N) is 1. The largest absolute Gasteiger partial charge is 0.573 e. The first kappa shape index (κ1) is 28.7. The molecule has 42 heavy (non-hydrogen) atoms. The molecule has 216 valence electrons. The lowest BCUT2D eigenvalue weighted by molar-refractivity contribution is -0.274. The van der Waals surface area contributed by atoms with Crippen LogP contribution in [0.25, 0.3) is 17.1 Å². The predicted molar refractivity (Wildman–Crippen MR) is 151 cm³/mol. The van der Waals surface area contributed by atoms with Gasteiger partial charge in [-0.15, -0.1) is 18.3 Å². The lowest BCUT2D eigenvalue weighted by Gasteiger charge is -2.19. The molecule has 10 nitrogen and oxygen atoms in total. The molecule has 1 saturated heterocycles. The number of ether oxygens (including phenoxy) is 2. The molecule has 2 heterocycles. The first-order valence-corrected chi connectivity index (χ1v) is 13.4. The summed E-state index contributed by atoms with van der Waals surface area (Å²) in [7, 11) is 1.56. The molecule has 0 unspecified atom stereocenters. The lowest BCUT2D eigenvalue weighted by Crippen LogP contribution is -2.31. The molecular weight excluding hydrogens is 573 g/mol. The summed E-state index contributed by atoms with van der Waals surface area (Å²) in [6.45, 7) is 2.00. The van der Waals surface area contributed by atoms with E-state index in [0.29, 0.717) is 28.5 Å². The highest BCUT2D eigenvalue weighted by molar-refractivity contribution is 8.15. The number of aryl methyl sites for hydroxylation is 1. The van der Waals surface area contributed by atoms with Crippen molar-refractivity contribution in [3.8, 4) is 28.6 Å². The van der Waals surface area contributed by atoms with Crippen molar-refractivity contribution in [2.45, 2.75) is 19.8 Å². The zero-order valence-electron chi connectivity index (χ0n) is 22.3. The molecule has 0 saturated carbocycles. The van der Waals surface area contributed by atoms with E-state index in [2.05, 4.69) is 25.1 Å². The number of benzene rings is 3. The van der Waals surface area contributed by atoms with E-state index < -0.39 is 12.4 Å². The van der Waals surface area contributed by atoms with Crippen LogP contribution >= 0.6 is 11.8 Å². The Kier molecular flexibility index (Phi) is 8.15. The fourth-order valence-corrected chi connectivity index (χ4v) is 4.99. The average molecular weight is 597 g/mol. The number of alkyl halides is 3. The van der Waals surface area contributed by atoms with Crippen molar-refractivity contribution < 1.29 is 32.2 Å². The molecule has 3 aromatic carbocycles. The van der Waals surface area contributed by atoms with Crippen LogP contribution in [0.3, 0.4) is 0 Å². The summed E-state index contributed by atoms with van der Waals surface area (Å²) in [5.41, 5.74) is 3.35. The van der Waals surface area contributed by atoms with Gasteiger partial charge in [0.15, 0.2) is 11.0 Å². The van der Waals surface area contributed by atoms with Crippen LogP contribution < -0.4 is 19.7 Å². The number of hydrogen-bond acceptors (Lipinski definition) is 7. The lowest BCUT2D eigenvalue weighted by atomic mass is 10.1. The number of aliphatic imine (C=N–C) groups is 1. The molecule has 1 fully saturated rings. The molecule has 0 radical (unpaired) electrons.